The first-order chi connectivity index (χ1) is 18.5. The highest BCUT2D eigenvalue weighted by Crippen LogP contribution is 2.60. The molecule has 5 rings (SSSR count). The molecule has 4 aliphatic carbocycles. The van der Waals surface area contributed by atoms with Crippen LogP contribution in [0.2, 0.25) is 0 Å². The normalized spacial score (nSPS) is 35.6. The molecule has 0 unspecified atom stereocenters. The third-order valence-electron chi connectivity index (χ3n) is 10.6. The van der Waals surface area contributed by atoms with Gasteiger partial charge in [0.15, 0.2) is 0 Å². The SMILES string of the molecule is C=C1/C(=C\C=C2/CCC[C@]3(C)[C@@H]([C@H](C)CC[C@H](OC(C)=O)C4(c5nc(C)co5)CC4)CC[C@@H]23)C[C@@H](O)C[C@@H]1O. The molecule has 0 radical (unpaired) electrons. The number of carbonyl (C=O) groups is 1. The molecular formula is C33H47NO5. The van der Waals surface area contributed by atoms with Gasteiger partial charge in [-0.05, 0) is 105 Å². The number of allylic oxidation sites excluding steroid dienone is 3. The Bertz CT molecular complexity index is 1140. The van der Waals surface area contributed by atoms with Crippen LogP contribution in [0.15, 0.2) is 46.1 Å². The summed E-state index contributed by atoms with van der Waals surface area (Å²) >= 11 is 0. The molecule has 39 heavy (non-hydrogen) atoms. The van der Waals surface area contributed by atoms with E-state index < -0.39 is 12.2 Å². The lowest BCUT2D eigenvalue weighted by Gasteiger charge is -2.44. The van der Waals surface area contributed by atoms with E-state index in [0.29, 0.717) is 30.6 Å². The number of oxazole rings is 1. The molecule has 7 atom stereocenters. The minimum Gasteiger partial charge on any atom is -0.461 e. The molecule has 6 heteroatoms. The fourth-order valence-corrected chi connectivity index (χ4v) is 8.33. The number of ether oxygens (including phenoxy) is 1. The van der Waals surface area contributed by atoms with E-state index in [9.17, 15) is 15.0 Å². The number of aromatic nitrogens is 1. The Labute approximate surface area is 233 Å². The largest absolute Gasteiger partial charge is 0.461 e. The van der Waals surface area contributed by atoms with Crippen molar-refractivity contribution < 1.29 is 24.2 Å². The van der Waals surface area contributed by atoms with E-state index in [-0.39, 0.29) is 22.9 Å². The van der Waals surface area contributed by atoms with Gasteiger partial charge in [0.25, 0.3) is 0 Å². The molecule has 1 aromatic heterocycles. The van der Waals surface area contributed by atoms with Crippen LogP contribution in [-0.4, -0.2) is 39.5 Å². The van der Waals surface area contributed by atoms with Crippen molar-refractivity contribution in [2.24, 2.45) is 23.2 Å². The summed E-state index contributed by atoms with van der Waals surface area (Å²) in [6.45, 7) is 12.4. The van der Waals surface area contributed by atoms with Gasteiger partial charge in [0, 0.05) is 13.3 Å². The van der Waals surface area contributed by atoms with Crippen LogP contribution in [0.5, 0.6) is 0 Å². The highest BCUT2D eigenvalue weighted by molar-refractivity contribution is 5.66. The second kappa shape index (κ2) is 11.0. The van der Waals surface area contributed by atoms with E-state index >= 15 is 0 Å². The summed E-state index contributed by atoms with van der Waals surface area (Å²) in [6.07, 6.45) is 15.5. The van der Waals surface area contributed by atoms with E-state index in [1.54, 1.807) is 6.26 Å². The number of hydrogen-bond donors (Lipinski definition) is 2. The maximum Gasteiger partial charge on any atom is 0.302 e. The van der Waals surface area contributed by atoms with Crippen LogP contribution in [0.3, 0.4) is 0 Å². The van der Waals surface area contributed by atoms with Crippen LogP contribution in [-0.2, 0) is 14.9 Å². The second-order valence-electron chi connectivity index (χ2n) is 13.3. The minimum absolute atomic E-state index is 0.191. The summed E-state index contributed by atoms with van der Waals surface area (Å²) < 4.78 is 11.7. The van der Waals surface area contributed by atoms with E-state index in [4.69, 9.17) is 9.15 Å². The van der Waals surface area contributed by atoms with Crippen LogP contribution in [0.1, 0.15) is 103 Å². The molecule has 214 valence electrons. The van der Waals surface area contributed by atoms with Crippen molar-refractivity contribution in [3.05, 3.63) is 53.3 Å². The van der Waals surface area contributed by atoms with Gasteiger partial charge in [-0.2, -0.15) is 0 Å². The molecule has 0 spiro atoms. The van der Waals surface area contributed by atoms with Crippen LogP contribution < -0.4 is 0 Å². The standard InChI is InChI=1S/C33H47NO5/c1-20(8-13-30(39-23(4)35)33(15-16-33)31-34-21(2)19-38-31)27-11-12-28-24(7-6-14-32(27,28)5)9-10-25-17-26(36)18-29(37)22(25)3/h9-10,19-20,26-30,36-37H,3,6-8,11-18H2,1-2,4-5H3/b24-9+,25-10-/t20-,26-,27-,28+,29+,30+,32-/m1/s1. The second-order valence-corrected chi connectivity index (χ2v) is 13.3. The third-order valence-corrected chi connectivity index (χ3v) is 10.6. The van der Waals surface area contributed by atoms with E-state index in [2.05, 4.69) is 37.6 Å². The lowest BCUT2D eigenvalue weighted by Crippen LogP contribution is -2.37. The van der Waals surface area contributed by atoms with E-state index in [1.807, 2.05) is 6.92 Å². The van der Waals surface area contributed by atoms with Crippen molar-refractivity contribution in [1.29, 1.82) is 0 Å². The first-order valence-electron chi connectivity index (χ1n) is 15.1. The first kappa shape index (κ1) is 28.4. The van der Waals surface area contributed by atoms with Crippen LogP contribution >= 0.6 is 0 Å². The zero-order valence-electron chi connectivity index (χ0n) is 24.2. The monoisotopic (exact) mass is 537 g/mol. The highest BCUT2D eigenvalue weighted by atomic mass is 16.5. The van der Waals surface area contributed by atoms with E-state index in [0.717, 1.165) is 54.8 Å². The summed E-state index contributed by atoms with van der Waals surface area (Å²) in [4.78, 5) is 16.7. The quantitative estimate of drug-likeness (QED) is 0.368. The highest BCUT2D eigenvalue weighted by Gasteiger charge is 2.57. The number of esters is 1. The van der Waals surface area contributed by atoms with Crippen molar-refractivity contribution in [2.45, 2.75) is 122 Å². The van der Waals surface area contributed by atoms with Gasteiger partial charge >= 0.3 is 5.97 Å². The lowest BCUT2D eigenvalue weighted by molar-refractivity contribution is -0.149. The molecule has 0 amide bonds. The number of fused-ring (bicyclic) bond motifs is 1. The topological polar surface area (TPSA) is 92.8 Å². The maximum atomic E-state index is 12.1. The van der Waals surface area contributed by atoms with Crippen molar-refractivity contribution >= 4 is 5.97 Å². The fraction of sp³-hybridized carbons (Fsp3) is 0.697. The van der Waals surface area contributed by atoms with Gasteiger partial charge in [0.1, 0.15) is 12.4 Å². The Morgan fingerprint density at radius 2 is 2.03 bits per heavy atom. The molecule has 0 aromatic carbocycles. The fourth-order valence-electron chi connectivity index (χ4n) is 8.33. The maximum absolute atomic E-state index is 12.1. The summed E-state index contributed by atoms with van der Waals surface area (Å²) in [5.74, 6) is 2.22. The summed E-state index contributed by atoms with van der Waals surface area (Å²) in [5, 5.41) is 20.4. The molecule has 1 heterocycles. The number of aryl methyl sites for hydroxylation is 1. The van der Waals surface area contributed by atoms with Crippen LogP contribution in [0, 0.1) is 30.1 Å². The van der Waals surface area contributed by atoms with Crippen molar-refractivity contribution in [2.75, 3.05) is 0 Å². The van der Waals surface area contributed by atoms with Crippen LogP contribution in [0.4, 0.5) is 0 Å². The number of hydrogen-bond acceptors (Lipinski definition) is 6. The smallest absolute Gasteiger partial charge is 0.302 e. The number of nitrogens with zero attached hydrogens (tertiary/aromatic N) is 1. The van der Waals surface area contributed by atoms with Gasteiger partial charge < -0.3 is 19.4 Å². The van der Waals surface area contributed by atoms with Gasteiger partial charge in [0.2, 0.25) is 5.89 Å². The molecule has 4 saturated carbocycles. The predicted molar refractivity (Wildman–Crippen MR) is 151 cm³/mol. The molecular weight excluding hydrogens is 490 g/mol. The van der Waals surface area contributed by atoms with Crippen LogP contribution in [0.25, 0.3) is 0 Å². The molecule has 6 nitrogen and oxygen atoms in total. The Balaban J connectivity index is 1.28. The first-order valence-corrected chi connectivity index (χ1v) is 15.1. The molecule has 2 N–H and O–H groups in total. The average Bonchev–Trinajstić information content (AvgIpc) is 3.43. The average molecular weight is 538 g/mol. The number of rotatable bonds is 8. The molecule has 4 fully saturated rings. The van der Waals surface area contributed by atoms with E-state index in [1.165, 1.54) is 38.2 Å². The van der Waals surface area contributed by atoms with Crippen molar-refractivity contribution in [1.82, 2.24) is 4.98 Å². The zero-order chi connectivity index (χ0) is 27.9. The van der Waals surface area contributed by atoms with Gasteiger partial charge in [-0.15, -0.1) is 0 Å². The Morgan fingerprint density at radius 1 is 1.26 bits per heavy atom. The summed E-state index contributed by atoms with van der Waals surface area (Å²) in [6, 6.07) is 0. The Hall–Kier alpha value is -2.18. The number of aliphatic hydroxyl groups is 2. The lowest BCUT2D eigenvalue weighted by atomic mass is 9.60. The molecule has 0 bridgehead atoms. The Kier molecular flexibility index (Phi) is 8.00. The number of carbonyl (C=O) groups excluding carboxylic acids is 1. The molecule has 4 aliphatic rings. The Morgan fingerprint density at radius 3 is 2.69 bits per heavy atom. The van der Waals surface area contributed by atoms with Gasteiger partial charge in [-0.25, -0.2) is 4.98 Å². The molecule has 1 aromatic rings. The number of aliphatic hydroxyl groups excluding tert-OH is 2. The molecule has 0 aliphatic heterocycles. The van der Waals surface area contributed by atoms with Gasteiger partial charge in [0.05, 0.1) is 23.3 Å². The van der Waals surface area contributed by atoms with Gasteiger partial charge in [-0.1, -0.05) is 38.2 Å². The third kappa shape index (κ3) is 5.56. The minimum atomic E-state index is -0.648. The summed E-state index contributed by atoms with van der Waals surface area (Å²) in [5.41, 5.74) is 4.12. The summed E-state index contributed by atoms with van der Waals surface area (Å²) in [7, 11) is 0. The molecule has 0 saturated heterocycles. The van der Waals surface area contributed by atoms with Crippen molar-refractivity contribution in [3.8, 4) is 0 Å². The predicted octanol–water partition coefficient (Wildman–Crippen LogP) is 6.50. The van der Waals surface area contributed by atoms with Crippen molar-refractivity contribution in [3.63, 3.8) is 0 Å². The van der Waals surface area contributed by atoms with Gasteiger partial charge in [-0.3, -0.25) is 4.79 Å². The zero-order valence-corrected chi connectivity index (χ0v) is 24.2.